The first-order chi connectivity index (χ1) is 17.0. The van der Waals surface area contributed by atoms with E-state index >= 15 is 0 Å². The number of hydrogen-bond acceptors (Lipinski definition) is 7. The minimum Gasteiger partial charge on any atom is -0.478 e. The van der Waals surface area contributed by atoms with Crippen LogP contribution >= 0.6 is 0 Å². The van der Waals surface area contributed by atoms with Gasteiger partial charge in [-0.1, -0.05) is 36.4 Å². The van der Waals surface area contributed by atoms with E-state index in [1.54, 1.807) is 12.3 Å². The van der Waals surface area contributed by atoms with Gasteiger partial charge < -0.3 is 21.3 Å². The standard InChI is InChI=1S/C16H13N3O3.C10H11N3/c20-16(21)12-9-17-19(10-12)11-13-5-4-8-15(18-13)22-14-6-2-1-3-7-14;11-6-7-1-2-9-8(5-7)3-4-13-10(9)12/h1-10H,11H2,(H,20,21);1-5H,6,11H2,(H2,12,13). The summed E-state index contributed by atoms with van der Waals surface area (Å²) in [6, 6.07) is 22.7. The SMILES string of the molecule is NCc1ccc2c(N)nccc2c1.O=C(O)c1cnn(Cc2cccc(Oc3ccccc3)n2)c1. The third-order valence-electron chi connectivity index (χ3n) is 5.05. The molecule has 0 saturated heterocycles. The molecule has 5 aromatic rings. The molecule has 0 atom stereocenters. The van der Waals surface area contributed by atoms with Gasteiger partial charge in [-0.15, -0.1) is 0 Å². The number of nitrogen functional groups attached to an aromatic ring is 1. The Balaban J connectivity index is 0.000000189. The number of hydrogen-bond donors (Lipinski definition) is 3. The fourth-order valence-corrected chi connectivity index (χ4v) is 3.32. The van der Waals surface area contributed by atoms with E-state index in [2.05, 4.69) is 15.1 Å². The summed E-state index contributed by atoms with van der Waals surface area (Å²) in [5.74, 6) is 0.759. The summed E-state index contributed by atoms with van der Waals surface area (Å²) in [4.78, 5) is 19.2. The number of ether oxygens (including phenoxy) is 1. The fraction of sp³-hybridized carbons (Fsp3) is 0.0769. The molecule has 0 aliphatic rings. The summed E-state index contributed by atoms with van der Waals surface area (Å²) in [7, 11) is 0. The average molecular weight is 469 g/mol. The van der Waals surface area contributed by atoms with E-state index in [1.807, 2.05) is 66.7 Å². The van der Waals surface area contributed by atoms with Gasteiger partial charge in [-0.25, -0.2) is 14.8 Å². The number of benzene rings is 2. The maximum Gasteiger partial charge on any atom is 0.338 e. The van der Waals surface area contributed by atoms with Crippen molar-refractivity contribution in [2.45, 2.75) is 13.1 Å². The zero-order chi connectivity index (χ0) is 24.6. The van der Waals surface area contributed by atoms with Crippen LogP contribution < -0.4 is 16.2 Å². The lowest BCUT2D eigenvalue weighted by Crippen LogP contribution is -2.03. The van der Waals surface area contributed by atoms with Crippen molar-refractivity contribution in [1.29, 1.82) is 0 Å². The molecule has 0 bridgehead atoms. The number of pyridine rings is 2. The zero-order valence-electron chi connectivity index (χ0n) is 18.8. The minimum atomic E-state index is -1.000. The number of rotatable bonds is 6. The van der Waals surface area contributed by atoms with Crippen molar-refractivity contribution in [1.82, 2.24) is 19.7 Å². The Kier molecular flexibility index (Phi) is 7.29. The predicted molar refractivity (Wildman–Crippen MR) is 133 cm³/mol. The van der Waals surface area contributed by atoms with E-state index < -0.39 is 5.97 Å². The Morgan fingerprint density at radius 1 is 1.03 bits per heavy atom. The van der Waals surface area contributed by atoms with Crippen molar-refractivity contribution >= 4 is 22.6 Å². The van der Waals surface area contributed by atoms with Crippen LogP contribution in [0.15, 0.2) is 91.4 Å². The molecule has 176 valence electrons. The van der Waals surface area contributed by atoms with Gasteiger partial charge in [-0.3, -0.25) is 4.68 Å². The van der Waals surface area contributed by atoms with Gasteiger partial charge in [0.2, 0.25) is 5.88 Å². The average Bonchev–Trinajstić information content (AvgIpc) is 3.34. The van der Waals surface area contributed by atoms with Crippen LogP contribution in [0, 0.1) is 0 Å². The highest BCUT2D eigenvalue weighted by molar-refractivity contribution is 5.91. The number of para-hydroxylation sites is 1. The molecule has 0 aliphatic heterocycles. The van der Waals surface area contributed by atoms with Crippen LogP contribution in [0.4, 0.5) is 5.82 Å². The topological polar surface area (TPSA) is 142 Å². The highest BCUT2D eigenvalue weighted by Crippen LogP contribution is 2.20. The molecule has 35 heavy (non-hydrogen) atoms. The smallest absolute Gasteiger partial charge is 0.338 e. The van der Waals surface area contributed by atoms with Crippen molar-refractivity contribution in [3.63, 3.8) is 0 Å². The number of aromatic carboxylic acids is 1. The van der Waals surface area contributed by atoms with E-state index in [9.17, 15) is 4.79 Å². The molecule has 3 aromatic heterocycles. The third-order valence-corrected chi connectivity index (χ3v) is 5.05. The monoisotopic (exact) mass is 468 g/mol. The lowest BCUT2D eigenvalue weighted by atomic mass is 10.1. The maximum atomic E-state index is 10.8. The minimum absolute atomic E-state index is 0.150. The van der Waals surface area contributed by atoms with Gasteiger partial charge in [0, 0.05) is 30.4 Å². The van der Waals surface area contributed by atoms with Gasteiger partial charge >= 0.3 is 5.97 Å². The molecule has 0 unspecified atom stereocenters. The Morgan fingerprint density at radius 2 is 1.86 bits per heavy atom. The van der Waals surface area contributed by atoms with Crippen molar-refractivity contribution in [3.8, 4) is 11.6 Å². The lowest BCUT2D eigenvalue weighted by Gasteiger charge is -2.06. The van der Waals surface area contributed by atoms with Crippen LogP contribution in [-0.2, 0) is 13.1 Å². The van der Waals surface area contributed by atoms with Gasteiger partial charge in [0.1, 0.15) is 11.6 Å². The lowest BCUT2D eigenvalue weighted by molar-refractivity contribution is 0.0696. The summed E-state index contributed by atoms with van der Waals surface area (Å²) in [5, 5.41) is 15.0. The van der Waals surface area contributed by atoms with Gasteiger partial charge in [0.15, 0.2) is 0 Å². The second-order valence-corrected chi connectivity index (χ2v) is 7.57. The number of carboxylic acid groups (broad SMARTS) is 1. The van der Waals surface area contributed by atoms with E-state index in [1.165, 1.54) is 17.1 Å². The zero-order valence-corrected chi connectivity index (χ0v) is 18.8. The van der Waals surface area contributed by atoms with Gasteiger partial charge in [-0.2, -0.15) is 5.10 Å². The van der Waals surface area contributed by atoms with Gasteiger partial charge in [0.25, 0.3) is 0 Å². The Morgan fingerprint density at radius 3 is 2.60 bits per heavy atom. The van der Waals surface area contributed by atoms with Crippen LogP contribution in [-0.4, -0.2) is 30.8 Å². The maximum absolute atomic E-state index is 10.8. The van der Waals surface area contributed by atoms with E-state index in [0.29, 0.717) is 30.5 Å². The number of aromatic nitrogens is 4. The normalized spacial score (nSPS) is 10.4. The van der Waals surface area contributed by atoms with Gasteiger partial charge in [-0.05, 0) is 41.3 Å². The fourth-order valence-electron chi connectivity index (χ4n) is 3.32. The summed E-state index contributed by atoms with van der Waals surface area (Å²) < 4.78 is 7.19. The number of nitrogens with zero attached hydrogens (tertiary/aromatic N) is 4. The van der Waals surface area contributed by atoms with E-state index in [0.717, 1.165) is 22.0 Å². The molecule has 9 nitrogen and oxygen atoms in total. The Bertz CT molecular complexity index is 1440. The Labute approximate surface area is 201 Å². The predicted octanol–water partition coefficient (Wildman–Crippen LogP) is 4.09. The van der Waals surface area contributed by atoms with E-state index in [4.69, 9.17) is 21.3 Å². The first kappa shape index (κ1) is 23.4. The molecule has 3 heterocycles. The second kappa shape index (κ2) is 10.9. The van der Waals surface area contributed by atoms with E-state index in [-0.39, 0.29) is 5.56 Å². The molecule has 5 N–H and O–H groups in total. The molecule has 0 aliphatic carbocycles. The largest absolute Gasteiger partial charge is 0.478 e. The van der Waals surface area contributed by atoms with Crippen molar-refractivity contribution in [2.75, 3.05) is 5.73 Å². The molecule has 0 fully saturated rings. The quantitative estimate of drug-likeness (QED) is 0.338. The molecule has 0 spiro atoms. The molecule has 0 radical (unpaired) electrons. The molecule has 2 aromatic carbocycles. The van der Waals surface area contributed by atoms with Crippen LogP contribution in [0.5, 0.6) is 11.6 Å². The molecule has 9 heteroatoms. The molecule has 0 saturated carbocycles. The summed E-state index contributed by atoms with van der Waals surface area (Å²) in [6.07, 6.45) is 4.49. The third kappa shape index (κ3) is 6.18. The van der Waals surface area contributed by atoms with Crippen LogP contribution in [0.1, 0.15) is 21.6 Å². The molecular weight excluding hydrogens is 444 g/mol. The summed E-state index contributed by atoms with van der Waals surface area (Å²) in [6.45, 7) is 0.928. The summed E-state index contributed by atoms with van der Waals surface area (Å²) >= 11 is 0. The molecular formula is C26H24N6O3. The highest BCUT2D eigenvalue weighted by atomic mass is 16.5. The van der Waals surface area contributed by atoms with Crippen molar-refractivity contribution < 1.29 is 14.6 Å². The van der Waals surface area contributed by atoms with Crippen LogP contribution in [0.3, 0.4) is 0 Å². The number of carbonyl (C=O) groups is 1. The van der Waals surface area contributed by atoms with Crippen LogP contribution in [0.25, 0.3) is 10.8 Å². The number of nitrogens with two attached hydrogens (primary N) is 2. The number of fused-ring (bicyclic) bond motifs is 1. The second-order valence-electron chi connectivity index (χ2n) is 7.57. The van der Waals surface area contributed by atoms with Gasteiger partial charge in [0.05, 0.1) is 24.0 Å². The van der Waals surface area contributed by atoms with Crippen molar-refractivity contribution in [2.24, 2.45) is 5.73 Å². The Hall–Kier alpha value is -4.76. The molecule has 0 amide bonds. The first-order valence-electron chi connectivity index (χ1n) is 10.8. The highest BCUT2D eigenvalue weighted by Gasteiger charge is 2.07. The van der Waals surface area contributed by atoms with Crippen molar-refractivity contribution in [3.05, 3.63) is 108 Å². The number of carboxylic acids is 1. The number of anilines is 1. The summed E-state index contributed by atoms with van der Waals surface area (Å²) in [5.41, 5.74) is 13.2. The van der Waals surface area contributed by atoms with Crippen LogP contribution in [0.2, 0.25) is 0 Å². The first-order valence-corrected chi connectivity index (χ1v) is 10.8. The molecule has 5 rings (SSSR count).